The summed E-state index contributed by atoms with van der Waals surface area (Å²) in [7, 11) is 3.47. The molecule has 10 rings (SSSR count). The summed E-state index contributed by atoms with van der Waals surface area (Å²) in [6, 6.07) is 29.1. The van der Waals surface area contributed by atoms with E-state index >= 15 is 8.78 Å². The Labute approximate surface area is 348 Å². The summed E-state index contributed by atoms with van der Waals surface area (Å²) >= 11 is 0. The van der Waals surface area contributed by atoms with Crippen molar-refractivity contribution in [3.05, 3.63) is 133 Å². The lowest BCUT2D eigenvalue weighted by Gasteiger charge is -2.16. The predicted octanol–water partition coefficient (Wildman–Crippen LogP) is 9.92. The summed E-state index contributed by atoms with van der Waals surface area (Å²) in [4.78, 5) is 17.3. The van der Waals surface area contributed by atoms with Crippen LogP contribution in [0.5, 0.6) is 23.0 Å². The molecule has 0 saturated heterocycles. The van der Waals surface area contributed by atoms with E-state index in [2.05, 4.69) is 41.2 Å². The van der Waals surface area contributed by atoms with Crippen molar-refractivity contribution in [1.29, 1.82) is 0 Å². The van der Waals surface area contributed by atoms with Gasteiger partial charge in [0.2, 0.25) is 13.6 Å². The lowest BCUT2D eigenvalue weighted by Crippen LogP contribution is -2.07. The van der Waals surface area contributed by atoms with E-state index in [-0.39, 0.29) is 25.0 Å². The number of hydrogen-bond acceptors (Lipinski definition) is 13. The van der Waals surface area contributed by atoms with Crippen molar-refractivity contribution in [3.8, 4) is 45.5 Å². The molecule has 0 bridgehead atoms. The van der Waals surface area contributed by atoms with Gasteiger partial charge in [-0.25, -0.2) is 18.7 Å². The quantitative estimate of drug-likeness (QED) is 0.0920. The number of fused-ring (bicyclic) bond motifs is 4. The van der Waals surface area contributed by atoms with Gasteiger partial charge in [0, 0.05) is 90.1 Å². The van der Waals surface area contributed by atoms with Crippen LogP contribution in [0.3, 0.4) is 0 Å². The second kappa shape index (κ2) is 17.2. The topological polar surface area (TPSA) is 146 Å². The largest absolute Gasteiger partial charge is 0.454 e. The third-order valence-corrected chi connectivity index (χ3v) is 9.97. The van der Waals surface area contributed by atoms with Crippen molar-refractivity contribution in [1.82, 2.24) is 19.9 Å². The van der Waals surface area contributed by atoms with Crippen molar-refractivity contribution in [2.75, 3.05) is 62.2 Å². The highest BCUT2D eigenvalue weighted by atomic mass is 19.1. The maximum absolute atomic E-state index is 15.9. The van der Waals surface area contributed by atoms with Crippen LogP contribution in [-0.2, 0) is 4.74 Å². The van der Waals surface area contributed by atoms with Crippen molar-refractivity contribution >= 4 is 55.9 Å². The minimum atomic E-state index is -0.456. The minimum absolute atomic E-state index is 0.153. The van der Waals surface area contributed by atoms with Crippen LogP contribution in [0.1, 0.15) is 0 Å². The minimum Gasteiger partial charge on any atom is -0.454 e. The van der Waals surface area contributed by atoms with Crippen molar-refractivity contribution in [2.24, 2.45) is 0 Å². The molecular weight excluding hydrogens is 783 g/mol. The summed E-state index contributed by atoms with van der Waals surface area (Å²) in [6.07, 6.45) is 6.61. The van der Waals surface area contributed by atoms with Gasteiger partial charge in [-0.05, 0) is 97.1 Å². The van der Waals surface area contributed by atoms with Crippen LogP contribution in [0.15, 0.2) is 122 Å². The van der Waals surface area contributed by atoms with Crippen LogP contribution in [-0.4, -0.2) is 60.8 Å². The first-order valence-corrected chi connectivity index (χ1v) is 19.3. The zero-order valence-electron chi connectivity index (χ0n) is 33.0. The van der Waals surface area contributed by atoms with Crippen LogP contribution in [0.25, 0.3) is 44.3 Å². The van der Waals surface area contributed by atoms with E-state index in [0.717, 1.165) is 22.7 Å². The summed E-state index contributed by atoms with van der Waals surface area (Å²) in [5.41, 5.74) is 6.89. The zero-order valence-corrected chi connectivity index (χ0v) is 33.0. The van der Waals surface area contributed by atoms with E-state index in [4.69, 9.17) is 23.7 Å². The highest BCUT2D eigenvalue weighted by Gasteiger charge is 2.23. The Hall–Kier alpha value is -7.78. The van der Waals surface area contributed by atoms with Gasteiger partial charge in [0.05, 0.1) is 29.0 Å². The summed E-state index contributed by atoms with van der Waals surface area (Å²) in [6.45, 7) is 1.52. The number of aromatic nitrogens is 4. The highest BCUT2D eigenvalue weighted by Crippen LogP contribution is 2.42. The molecule has 0 fully saturated rings. The van der Waals surface area contributed by atoms with Gasteiger partial charge in [-0.15, -0.1) is 0 Å². The summed E-state index contributed by atoms with van der Waals surface area (Å²) in [5, 5.41) is 14.1. The monoisotopic (exact) mass is 820 g/mol. The number of nitrogens with zero attached hydrogens (tertiary/aromatic N) is 4. The van der Waals surface area contributed by atoms with E-state index in [1.54, 1.807) is 92.6 Å². The zero-order chi connectivity index (χ0) is 41.7. The van der Waals surface area contributed by atoms with Crippen molar-refractivity contribution in [3.63, 3.8) is 0 Å². The molecule has 15 heteroatoms. The normalized spacial score (nSPS) is 12.2. The third-order valence-electron chi connectivity index (χ3n) is 9.97. The van der Waals surface area contributed by atoms with Crippen LogP contribution in [0.2, 0.25) is 0 Å². The number of hydrogen-bond donors (Lipinski definition) is 4. The van der Waals surface area contributed by atoms with Crippen LogP contribution in [0.4, 0.5) is 42.9 Å². The number of nitrogens with one attached hydrogen (secondary N) is 4. The molecule has 0 unspecified atom stereocenters. The molecule has 0 saturated carbocycles. The molecule has 0 amide bonds. The van der Waals surface area contributed by atoms with Crippen molar-refractivity contribution < 1.29 is 32.5 Å². The Bertz CT molecular complexity index is 2870. The Morgan fingerprint density at radius 2 is 1.03 bits per heavy atom. The van der Waals surface area contributed by atoms with Gasteiger partial charge in [0.1, 0.15) is 11.4 Å². The molecule has 0 radical (unpaired) electrons. The average Bonchev–Trinajstić information content (AvgIpc) is 3.98. The van der Waals surface area contributed by atoms with Gasteiger partial charge in [0.15, 0.2) is 34.6 Å². The third kappa shape index (κ3) is 8.14. The molecule has 2 aliphatic rings. The second-order valence-corrected chi connectivity index (χ2v) is 13.8. The first-order valence-electron chi connectivity index (χ1n) is 19.3. The molecule has 0 spiro atoms. The number of halogens is 2. The maximum atomic E-state index is 15.9. The molecule has 13 nitrogen and oxygen atoms in total. The lowest BCUT2D eigenvalue weighted by molar-refractivity contribution is 0.173. The van der Waals surface area contributed by atoms with E-state index in [9.17, 15) is 0 Å². The number of pyridine rings is 4. The smallest absolute Gasteiger partial charge is 0.231 e. The Morgan fingerprint density at radius 1 is 0.557 bits per heavy atom. The maximum Gasteiger partial charge on any atom is 0.231 e. The number of ether oxygens (including phenoxy) is 5. The van der Waals surface area contributed by atoms with E-state index in [0.29, 0.717) is 80.5 Å². The Kier molecular flexibility index (Phi) is 10.9. The molecular formula is C46H38F2N8O5. The summed E-state index contributed by atoms with van der Waals surface area (Å²) in [5.74, 6) is 1.53. The lowest BCUT2D eigenvalue weighted by atomic mass is 10.1. The fraction of sp³-hybridized carbons (Fsp3) is 0.130. The molecule has 0 atom stereocenters. The molecule has 4 N–H and O–H groups in total. The van der Waals surface area contributed by atoms with Gasteiger partial charge in [-0.2, -0.15) is 0 Å². The van der Waals surface area contributed by atoms with E-state index < -0.39 is 11.6 Å². The number of anilines is 6. The number of rotatable bonds is 11. The van der Waals surface area contributed by atoms with Crippen LogP contribution in [0, 0.1) is 11.6 Å². The van der Waals surface area contributed by atoms with Crippen molar-refractivity contribution in [2.45, 2.75) is 0 Å². The van der Waals surface area contributed by atoms with Crippen LogP contribution >= 0.6 is 0 Å². The highest BCUT2D eigenvalue weighted by molar-refractivity contribution is 5.99. The molecule has 0 aliphatic carbocycles. The molecule has 8 aromatic rings. The SMILES string of the molecule is CNc1ccc2nc(-c3ccc4c(c3)OCO4)c(F)c(Nc3ccncc3)c2c1.COCCNc1ccc2nc(-c3ccc4c(c3)OCO4)c(F)c(Nc3ccncc3)c2c1. The predicted molar refractivity (Wildman–Crippen MR) is 231 cm³/mol. The first kappa shape index (κ1) is 38.7. The first-order chi connectivity index (χ1) is 29.9. The van der Waals surface area contributed by atoms with E-state index in [1.165, 1.54) is 0 Å². The molecule has 4 aromatic heterocycles. The number of benzene rings is 4. The van der Waals surface area contributed by atoms with Gasteiger partial charge in [-0.3, -0.25) is 9.97 Å². The molecule has 306 valence electrons. The molecule has 61 heavy (non-hydrogen) atoms. The Morgan fingerprint density at radius 3 is 1.52 bits per heavy atom. The van der Waals surface area contributed by atoms with Gasteiger partial charge < -0.3 is 45.0 Å². The van der Waals surface area contributed by atoms with Crippen LogP contribution < -0.4 is 40.2 Å². The molecule has 6 heterocycles. The van der Waals surface area contributed by atoms with Gasteiger partial charge in [-0.1, -0.05) is 0 Å². The van der Waals surface area contributed by atoms with Gasteiger partial charge in [0.25, 0.3) is 0 Å². The van der Waals surface area contributed by atoms with Gasteiger partial charge >= 0.3 is 0 Å². The molecule has 4 aromatic carbocycles. The Balaban J connectivity index is 0.000000157. The fourth-order valence-electron chi connectivity index (χ4n) is 6.92. The standard InChI is InChI=1S/C24H21FN4O3.C22H17FN4O2/c1-30-11-10-27-17-3-4-19-18(13-17)24(28-16-6-8-26-9-7-16)22(25)23(29-19)15-2-5-20-21(12-15)32-14-31-20;1-24-15-3-4-17-16(11-15)22(26-14-6-8-25-9-7-14)20(23)21(27-17)13-2-5-18-19(10-13)29-12-28-18/h2-9,12-13,27H,10-11,14H2,1H3,(H,26,28,29);2-11,24H,12H2,1H3,(H,25,26,27). The second-order valence-electron chi connectivity index (χ2n) is 13.8. The number of methoxy groups -OCH3 is 1. The molecule has 2 aliphatic heterocycles. The fourth-order valence-corrected chi connectivity index (χ4v) is 6.92. The summed E-state index contributed by atoms with van der Waals surface area (Å²) < 4.78 is 58.4. The average molecular weight is 821 g/mol. The van der Waals surface area contributed by atoms with E-state index in [1.807, 2.05) is 43.4 Å².